The van der Waals surface area contributed by atoms with Crippen molar-refractivity contribution in [1.29, 1.82) is 0 Å². The first-order chi connectivity index (χ1) is 7.22. The van der Waals surface area contributed by atoms with Crippen molar-refractivity contribution in [1.82, 2.24) is 0 Å². The van der Waals surface area contributed by atoms with Crippen LogP contribution in [0.5, 0.6) is 5.75 Å². The Morgan fingerprint density at radius 2 is 2.33 bits per heavy atom. The number of Topliss-reactive ketones (excluding diaryl/α,β-unsaturated/α-hetero) is 1. The predicted octanol–water partition coefficient (Wildman–Crippen LogP) is 1.44. The first kappa shape index (κ1) is 9.71. The number of rotatable bonds is 2. The largest absolute Gasteiger partial charge is 0.485 e. The lowest BCUT2D eigenvalue weighted by molar-refractivity contribution is 0.0526. The van der Waals surface area contributed by atoms with Gasteiger partial charge in [0, 0.05) is 0 Å². The molecule has 0 saturated heterocycles. The van der Waals surface area contributed by atoms with Gasteiger partial charge < -0.3 is 9.47 Å². The minimum Gasteiger partial charge on any atom is -0.485 e. The molecule has 0 fully saturated rings. The molecule has 1 aliphatic heterocycles. The predicted molar refractivity (Wildman–Crippen MR) is 52.2 cm³/mol. The van der Waals surface area contributed by atoms with E-state index in [1.165, 1.54) is 6.07 Å². The smallest absolute Gasteiger partial charge is 0.338 e. The van der Waals surface area contributed by atoms with Gasteiger partial charge in [0.25, 0.3) is 0 Å². The van der Waals surface area contributed by atoms with Crippen LogP contribution in [0.25, 0.3) is 0 Å². The molecule has 0 N–H and O–H groups in total. The molecule has 1 aromatic carbocycles. The molecule has 15 heavy (non-hydrogen) atoms. The van der Waals surface area contributed by atoms with Crippen LogP contribution >= 0.6 is 0 Å². The van der Waals surface area contributed by atoms with E-state index in [1.807, 2.05) is 0 Å². The molecule has 78 valence electrons. The zero-order valence-corrected chi connectivity index (χ0v) is 8.28. The second kappa shape index (κ2) is 3.73. The number of benzene rings is 1. The Bertz CT molecular complexity index is 423. The Morgan fingerprint density at radius 3 is 3.07 bits per heavy atom. The highest BCUT2D eigenvalue weighted by atomic mass is 16.5. The van der Waals surface area contributed by atoms with Gasteiger partial charge in [-0.05, 0) is 25.1 Å². The Morgan fingerprint density at radius 1 is 1.53 bits per heavy atom. The summed E-state index contributed by atoms with van der Waals surface area (Å²) in [5.74, 6) is 0.00853. The van der Waals surface area contributed by atoms with Crippen LogP contribution in [-0.4, -0.2) is 25.0 Å². The molecule has 0 bridgehead atoms. The highest BCUT2D eigenvalue weighted by Gasteiger charge is 2.22. The van der Waals surface area contributed by atoms with E-state index in [0.717, 1.165) is 0 Å². The first-order valence-electron chi connectivity index (χ1n) is 4.69. The molecule has 4 nitrogen and oxygen atoms in total. The van der Waals surface area contributed by atoms with Gasteiger partial charge in [-0.1, -0.05) is 0 Å². The molecular weight excluding hydrogens is 196 g/mol. The zero-order valence-electron chi connectivity index (χ0n) is 8.28. The number of ether oxygens (including phenoxy) is 2. The summed E-state index contributed by atoms with van der Waals surface area (Å²) in [5.41, 5.74) is 0.938. The lowest BCUT2D eigenvalue weighted by atomic mass is 10.1. The van der Waals surface area contributed by atoms with E-state index >= 15 is 0 Å². The fraction of sp³-hybridized carbons (Fsp3) is 0.273. The summed E-state index contributed by atoms with van der Waals surface area (Å²) in [5, 5.41) is 0. The summed E-state index contributed by atoms with van der Waals surface area (Å²) in [6.07, 6.45) is 0. The normalized spacial score (nSPS) is 13.3. The van der Waals surface area contributed by atoms with Crippen LogP contribution in [0.1, 0.15) is 27.6 Å². The van der Waals surface area contributed by atoms with E-state index in [1.54, 1.807) is 19.1 Å². The molecule has 0 spiro atoms. The third-order valence-electron chi connectivity index (χ3n) is 2.15. The number of hydrogen-bond donors (Lipinski definition) is 0. The van der Waals surface area contributed by atoms with Crippen LogP contribution in [0.2, 0.25) is 0 Å². The van der Waals surface area contributed by atoms with Crippen molar-refractivity contribution in [3.8, 4) is 5.75 Å². The summed E-state index contributed by atoms with van der Waals surface area (Å²) < 4.78 is 9.96. The number of hydrogen-bond acceptors (Lipinski definition) is 4. The molecule has 0 radical (unpaired) electrons. The van der Waals surface area contributed by atoms with Crippen molar-refractivity contribution in [2.75, 3.05) is 13.2 Å². The zero-order chi connectivity index (χ0) is 10.8. The highest BCUT2D eigenvalue weighted by molar-refractivity contribution is 6.03. The van der Waals surface area contributed by atoms with Gasteiger partial charge in [-0.15, -0.1) is 0 Å². The van der Waals surface area contributed by atoms with Gasteiger partial charge in [-0.25, -0.2) is 4.79 Å². The summed E-state index contributed by atoms with van der Waals surface area (Å²) >= 11 is 0. The number of carbonyl (C=O) groups is 2. The van der Waals surface area contributed by atoms with E-state index in [9.17, 15) is 9.59 Å². The molecule has 1 aromatic rings. The van der Waals surface area contributed by atoms with E-state index in [4.69, 9.17) is 9.47 Å². The van der Waals surface area contributed by atoms with Gasteiger partial charge in [-0.3, -0.25) is 4.79 Å². The highest BCUT2D eigenvalue weighted by Crippen LogP contribution is 2.26. The van der Waals surface area contributed by atoms with Gasteiger partial charge in [0.15, 0.2) is 6.61 Å². The van der Waals surface area contributed by atoms with E-state index < -0.39 is 5.97 Å². The maximum Gasteiger partial charge on any atom is 0.338 e. The van der Waals surface area contributed by atoms with Gasteiger partial charge in [0.05, 0.1) is 17.7 Å². The average Bonchev–Trinajstić information content (AvgIpc) is 2.60. The van der Waals surface area contributed by atoms with Crippen molar-refractivity contribution in [3.05, 3.63) is 29.3 Å². The van der Waals surface area contributed by atoms with Gasteiger partial charge in [0.1, 0.15) is 5.75 Å². The fourth-order valence-corrected chi connectivity index (χ4v) is 1.43. The Kier molecular flexibility index (Phi) is 2.41. The van der Waals surface area contributed by atoms with Crippen molar-refractivity contribution >= 4 is 11.8 Å². The molecule has 0 saturated carbocycles. The third kappa shape index (κ3) is 1.70. The molecule has 0 unspecified atom stereocenters. The summed E-state index contributed by atoms with van der Waals surface area (Å²) in [6.45, 7) is 2.13. The average molecular weight is 206 g/mol. The van der Waals surface area contributed by atoms with Crippen LogP contribution in [0.15, 0.2) is 18.2 Å². The van der Waals surface area contributed by atoms with E-state index in [2.05, 4.69) is 0 Å². The maximum atomic E-state index is 11.4. The minimum atomic E-state index is -0.400. The lowest BCUT2D eigenvalue weighted by Crippen LogP contribution is -2.04. The quantitative estimate of drug-likeness (QED) is 0.687. The van der Waals surface area contributed by atoms with Crippen LogP contribution in [0, 0.1) is 0 Å². The first-order valence-corrected chi connectivity index (χ1v) is 4.69. The molecule has 0 amide bonds. The van der Waals surface area contributed by atoms with E-state index in [-0.39, 0.29) is 12.4 Å². The molecule has 0 atom stereocenters. The van der Waals surface area contributed by atoms with Crippen LogP contribution in [0.3, 0.4) is 0 Å². The molecule has 2 rings (SSSR count). The van der Waals surface area contributed by atoms with Gasteiger partial charge >= 0.3 is 5.97 Å². The number of ketones is 1. The van der Waals surface area contributed by atoms with Crippen molar-refractivity contribution in [3.63, 3.8) is 0 Å². The number of carbonyl (C=O) groups excluding carboxylic acids is 2. The Labute approximate surface area is 86.8 Å². The van der Waals surface area contributed by atoms with Crippen LogP contribution in [0.4, 0.5) is 0 Å². The fourth-order valence-electron chi connectivity index (χ4n) is 1.43. The number of fused-ring (bicyclic) bond motifs is 1. The Balaban J connectivity index is 2.30. The van der Waals surface area contributed by atoms with Crippen molar-refractivity contribution in [2.45, 2.75) is 6.92 Å². The van der Waals surface area contributed by atoms with Crippen LogP contribution in [-0.2, 0) is 4.74 Å². The molecule has 4 heteroatoms. The lowest BCUT2D eigenvalue weighted by Gasteiger charge is -2.03. The summed E-state index contributed by atoms with van der Waals surface area (Å²) in [6, 6.07) is 4.71. The van der Waals surface area contributed by atoms with Gasteiger partial charge in [-0.2, -0.15) is 0 Å². The SMILES string of the molecule is CCOC(=O)c1ccc2c(c1)OCC2=O. The van der Waals surface area contributed by atoms with Gasteiger partial charge in [0.2, 0.25) is 5.78 Å². The second-order valence-corrected chi connectivity index (χ2v) is 3.14. The Hall–Kier alpha value is -1.84. The maximum absolute atomic E-state index is 11.4. The van der Waals surface area contributed by atoms with Crippen molar-refractivity contribution < 1.29 is 19.1 Å². The van der Waals surface area contributed by atoms with Crippen LogP contribution < -0.4 is 4.74 Å². The number of esters is 1. The minimum absolute atomic E-state index is 0.0552. The monoisotopic (exact) mass is 206 g/mol. The van der Waals surface area contributed by atoms with Crippen molar-refractivity contribution in [2.24, 2.45) is 0 Å². The molecule has 0 aliphatic carbocycles. The summed E-state index contributed by atoms with van der Waals surface area (Å²) in [7, 11) is 0. The third-order valence-corrected chi connectivity index (χ3v) is 2.15. The second-order valence-electron chi connectivity index (χ2n) is 3.14. The standard InChI is InChI=1S/C11H10O4/c1-2-14-11(13)7-3-4-8-9(12)6-15-10(8)5-7/h3-5H,2,6H2,1H3. The van der Waals surface area contributed by atoms with E-state index in [0.29, 0.717) is 23.5 Å². The molecule has 1 heterocycles. The molecule has 1 aliphatic rings. The molecule has 0 aromatic heterocycles. The summed E-state index contributed by atoms with van der Waals surface area (Å²) in [4.78, 5) is 22.6. The molecular formula is C11H10O4. The topological polar surface area (TPSA) is 52.6 Å².